The van der Waals surface area contributed by atoms with Gasteiger partial charge in [0, 0.05) is 30.3 Å². The van der Waals surface area contributed by atoms with Gasteiger partial charge in [-0.1, -0.05) is 41.9 Å². The molecule has 0 amide bonds. The molecule has 138 valence electrons. The van der Waals surface area contributed by atoms with E-state index in [1.807, 2.05) is 25.2 Å². The molecule has 27 heavy (non-hydrogen) atoms. The topological polar surface area (TPSA) is 59.1 Å². The number of methoxy groups -OCH3 is 1. The smallest absolute Gasteiger partial charge is 0.229 e. The molecule has 4 rings (SSSR count). The summed E-state index contributed by atoms with van der Waals surface area (Å²) >= 11 is 6.12. The summed E-state index contributed by atoms with van der Waals surface area (Å²) in [6.07, 6.45) is 2.01. The molecule has 1 heterocycles. The van der Waals surface area contributed by atoms with Gasteiger partial charge >= 0.3 is 0 Å². The van der Waals surface area contributed by atoms with Gasteiger partial charge in [0.05, 0.1) is 17.8 Å². The minimum atomic E-state index is 0.289. The molecule has 0 bridgehead atoms. The maximum absolute atomic E-state index is 6.12. The molecule has 1 aliphatic rings. The normalized spacial score (nSPS) is 15.3. The molecular weight excluding hydrogens is 360 g/mol. The van der Waals surface area contributed by atoms with Gasteiger partial charge in [0.2, 0.25) is 5.95 Å². The summed E-state index contributed by atoms with van der Waals surface area (Å²) < 4.78 is 5.29. The molecule has 5 nitrogen and oxygen atoms in total. The number of anilines is 3. The molecular formula is C21H21ClN4O. The highest BCUT2D eigenvalue weighted by Gasteiger charge is 2.29. The van der Waals surface area contributed by atoms with E-state index < -0.39 is 0 Å². The van der Waals surface area contributed by atoms with E-state index >= 15 is 0 Å². The van der Waals surface area contributed by atoms with Crippen LogP contribution in [-0.2, 0) is 6.42 Å². The van der Waals surface area contributed by atoms with Gasteiger partial charge < -0.3 is 15.4 Å². The fraction of sp³-hybridized carbons (Fsp3) is 0.238. The summed E-state index contributed by atoms with van der Waals surface area (Å²) in [6.45, 7) is 0. The van der Waals surface area contributed by atoms with Crippen LogP contribution >= 0.6 is 11.6 Å². The Morgan fingerprint density at radius 1 is 1.11 bits per heavy atom. The number of hydrogen-bond donors (Lipinski definition) is 2. The van der Waals surface area contributed by atoms with Crippen LogP contribution in [0.15, 0.2) is 48.5 Å². The highest BCUT2D eigenvalue weighted by atomic mass is 35.5. The lowest BCUT2D eigenvalue weighted by atomic mass is 9.97. The Bertz CT molecular complexity index is 962. The van der Waals surface area contributed by atoms with E-state index in [-0.39, 0.29) is 5.92 Å². The van der Waals surface area contributed by atoms with Crippen LogP contribution in [0.2, 0.25) is 5.02 Å². The summed E-state index contributed by atoms with van der Waals surface area (Å²) in [5.41, 5.74) is 4.40. The van der Waals surface area contributed by atoms with Crippen LogP contribution in [0.1, 0.15) is 29.2 Å². The van der Waals surface area contributed by atoms with Crippen molar-refractivity contribution >= 4 is 29.1 Å². The third-order valence-corrected chi connectivity index (χ3v) is 5.21. The molecule has 2 N–H and O–H groups in total. The fourth-order valence-electron chi connectivity index (χ4n) is 3.60. The average Bonchev–Trinajstić information content (AvgIpc) is 3.13. The number of ether oxygens (including phenoxy) is 1. The second-order valence-electron chi connectivity index (χ2n) is 6.49. The summed E-state index contributed by atoms with van der Waals surface area (Å²) in [5.74, 6) is 2.34. The Hall–Kier alpha value is -2.79. The number of nitrogens with one attached hydrogen (secondary N) is 2. The molecule has 0 aliphatic heterocycles. The van der Waals surface area contributed by atoms with E-state index in [1.165, 1.54) is 11.1 Å². The predicted octanol–water partition coefficient (Wildman–Crippen LogP) is 5.00. The van der Waals surface area contributed by atoms with E-state index in [4.69, 9.17) is 21.3 Å². The Morgan fingerprint density at radius 3 is 2.67 bits per heavy atom. The van der Waals surface area contributed by atoms with Gasteiger partial charge in [-0.2, -0.15) is 4.98 Å². The quantitative estimate of drug-likeness (QED) is 0.652. The zero-order chi connectivity index (χ0) is 18.8. The van der Waals surface area contributed by atoms with Crippen LogP contribution in [0.3, 0.4) is 0 Å². The van der Waals surface area contributed by atoms with Crippen LogP contribution in [-0.4, -0.2) is 24.1 Å². The minimum Gasteiger partial charge on any atom is -0.495 e. The molecule has 2 aromatic carbocycles. The van der Waals surface area contributed by atoms with E-state index in [0.717, 1.165) is 30.0 Å². The summed E-state index contributed by atoms with van der Waals surface area (Å²) in [4.78, 5) is 9.51. The number of fused-ring (bicyclic) bond motifs is 1. The molecule has 1 aromatic heterocycles. The minimum absolute atomic E-state index is 0.289. The maximum Gasteiger partial charge on any atom is 0.229 e. The zero-order valence-corrected chi connectivity index (χ0v) is 16.0. The summed E-state index contributed by atoms with van der Waals surface area (Å²) in [7, 11) is 3.49. The fourth-order valence-corrected chi connectivity index (χ4v) is 3.80. The van der Waals surface area contributed by atoms with Crippen molar-refractivity contribution in [1.29, 1.82) is 0 Å². The lowest BCUT2D eigenvalue weighted by molar-refractivity contribution is 0.415. The van der Waals surface area contributed by atoms with Crippen LogP contribution in [0.5, 0.6) is 5.75 Å². The molecule has 0 spiro atoms. The third kappa shape index (κ3) is 3.43. The van der Waals surface area contributed by atoms with Crippen LogP contribution < -0.4 is 15.4 Å². The van der Waals surface area contributed by atoms with Crippen LogP contribution in [0, 0.1) is 0 Å². The Labute approximate surface area is 163 Å². The lowest BCUT2D eigenvalue weighted by Gasteiger charge is -2.15. The Balaban J connectivity index is 1.71. The lowest BCUT2D eigenvalue weighted by Crippen LogP contribution is -2.08. The molecule has 0 saturated heterocycles. The summed E-state index contributed by atoms with van der Waals surface area (Å²) in [6, 6.07) is 16.0. The Kier molecular flexibility index (Phi) is 4.86. The highest BCUT2D eigenvalue weighted by molar-refractivity contribution is 6.32. The molecule has 0 fully saturated rings. The number of benzene rings is 2. The average molecular weight is 381 g/mol. The van der Waals surface area contributed by atoms with E-state index in [9.17, 15) is 0 Å². The van der Waals surface area contributed by atoms with Gasteiger partial charge in [0.15, 0.2) is 0 Å². The van der Waals surface area contributed by atoms with Crippen molar-refractivity contribution in [3.63, 3.8) is 0 Å². The molecule has 0 saturated carbocycles. The van der Waals surface area contributed by atoms with Gasteiger partial charge in [0.25, 0.3) is 0 Å². The van der Waals surface area contributed by atoms with Gasteiger partial charge in [-0.05, 0) is 30.5 Å². The standard InChI is InChI=1S/C21H21ClN4O/c1-23-20-16-10-9-15(13-6-4-3-5-7-13)19(16)25-21(26-20)24-14-8-11-17(22)18(12-14)27-2/h3-8,11-12,15H,9-10H2,1-2H3,(H2,23,24,25,26). The maximum atomic E-state index is 6.12. The number of nitrogens with zero attached hydrogens (tertiary/aromatic N) is 2. The number of halogens is 1. The van der Waals surface area contributed by atoms with Crippen molar-refractivity contribution in [3.8, 4) is 5.75 Å². The van der Waals surface area contributed by atoms with Crippen molar-refractivity contribution in [3.05, 3.63) is 70.4 Å². The number of aromatic nitrogens is 2. The van der Waals surface area contributed by atoms with Gasteiger partial charge in [-0.15, -0.1) is 0 Å². The van der Waals surface area contributed by atoms with Gasteiger partial charge in [0.1, 0.15) is 11.6 Å². The first-order valence-electron chi connectivity index (χ1n) is 8.93. The summed E-state index contributed by atoms with van der Waals surface area (Å²) in [5, 5.41) is 7.07. The molecule has 1 unspecified atom stereocenters. The van der Waals surface area contributed by atoms with Gasteiger partial charge in [-0.3, -0.25) is 0 Å². The third-order valence-electron chi connectivity index (χ3n) is 4.90. The molecule has 0 radical (unpaired) electrons. The number of rotatable bonds is 5. The molecule has 3 aromatic rings. The van der Waals surface area contributed by atoms with Crippen molar-refractivity contribution < 1.29 is 4.74 Å². The van der Waals surface area contributed by atoms with E-state index in [0.29, 0.717) is 16.7 Å². The second-order valence-corrected chi connectivity index (χ2v) is 6.89. The first-order chi connectivity index (χ1) is 13.2. The van der Waals surface area contributed by atoms with E-state index in [2.05, 4.69) is 39.9 Å². The largest absolute Gasteiger partial charge is 0.495 e. The molecule has 6 heteroatoms. The van der Waals surface area contributed by atoms with Crippen LogP contribution in [0.25, 0.3) is 0 Å². The zero-order valence-electron chi connectivity index (χ0n) is 15.3. The predicted molar refractivity (Wildman–Crippen MR) is 109 cm³/mol. The van der Waals surface area contributed by atoms with Crippen LogP contribution in [0.4, 0.5) is 17.5 Å². The Morgan fingerprint density at radius 2 is 1.93 bits per heavy atom. The van der Waals surface area contributed by atoms with E-state index in [1.54, 1.807) is 13.2 Å². The monoisotopic (exact) mass is 380 g/mol. The SMILES string of the molecule is CNc1nc(Nc2ccc(Cl)c(OC)c2)nc2c1CCC2c1ccccc1. The van der Waals surface area contributed by atoms with Crippen molar-refractivity contribution in [2.75, 3.05) is 24.8 Å². The number of hydrogen-bond acceptors (Lipinski definition) is 5. The van der Waals surface area contributed by atoms with Crippen molar-refractivity contribution in [2.24, 2.45) is 0 Å². The van der Waals surface area contributed by atoms with Crippen molar-refractivity contribution in [2.45, 2.75) is 18.8 Å². The first-order valence-corrected chi connectivity index (χ1v) is 9.31. The van der Waals surface area contributed by atoms with Gasteiger partial charge in [-0.25, -0.2) is 4.98 Å². The first kappa shape index (κ1) is 17.6. The highest BCUT2D eigenvalue weighted by Crippen LogP contribution is 2.40. The molecule has 1 aliphatic carbocycles. The van der Waals surface area contributed by atoms with Crippen molar-refractivity contribution in [1.82, 2.24) is 9.97 Å². The second kappa shape index (κ2) is 7.45. The molecule has 1 atom stereocenters.